The number of benzene rings is 2. The molecule has 1 aromatic heterocycles. The molecule has 0 bridgehead atoms. The van der Waals surface area contributed by atoms with Gasteiger partial charge in [0, 0.05) is 37.1 Å². The molecule has 6 nitrogen and oxygen atoms in total. The Balaban J connectivity index is 1.82. The van der Waals surface area contributed by atoms with Crippen molar-refractivity contribution in [2.45, 2.75) is 27.3 Å². The van der Waals surface area contributed by atoms with Crippen molar-refractivity contribution in [3.63, 3.8) is 0 Å². The zero-order valence-corrected chi connectivity index (χ0v) is 18.9. The van der Waals surface area contributed by atoms with Crippen LogP contribution in [0.3, 0.4) is 0 Å². The van der Waals surface area contributed by atoms with Gasteiger partial charge in [0.2, 0.25) is 0 Å². The Morgan fingerprint density at radius 1 is 1.10 bits per heavy atom. The van der Waals surface area contributed by atoms with Gasteiger partial charge in [-0.25, -0.2) is 0 Å². The number of hydrogen-bond acceptors (Lipinski definition) is 6. The number of likely N-dealkylation sites (N-methyl/N-ethyl adjacent to an activating group) is 1. The van der Waals surface area contributed by atoms with E-state index >= 15 is 0 Å². The lowest BCUT2D eigenvalue weighted by atomic mass is 9.96. The van der Waals surface area contributed by atoms with Crippen molar-refractivity contribution >= 4 is 16.8 Å². The van der Waals surface area contributed by atoms with Crippen molar-refractivity contribution in [1.29, 1.82) is 0 Å². The average molecular weight is 423 g/mol. The van der Waals surface area contributed by atoms with Crippen molar-refractivity contribution in [2.24, 2.45) is 0 Å². The first-order chi connectivity index (χ1) is 14.8. The second-order valence-corrected chi connectivity index (χ2v) is 8.54. The number of phenols is 1. The number of phenolic OH excluding ortho intramolecular Hbond substituents is 1. The van der Waals surface area contributed by atoms with Gasteiger partial charge in [0.05, 0.1) is 19.2 Å². The van der Waals surface area contributed by atoms with Crippen LogP contribution >= 0.6 is 0 Å². The van der Waals surface area contributed by atoms with Crippen molar-refractivity contribution in [3.8, 4) is 11.5 Å². The van der Waals surface area contributed by atoms with Crippen LogP contribution in [-0.2, 0) is 6.54 Å². The number of nitrogens with zero attached hydrogens (tertiary/aromatic N) is 2. The van der Waals surface area contributed by atoms with E-state index in [9.17, 15) is 9.90 Å². The summed E-state index contributed by atoms with van der Waals surface area (Å²) >= 11 is 0. The molecule has 0 atom stereocenters. The number of ether oxygens (including phenoxy) is 1. The minimum absolute atomic E-state index is 0.0915. The van der Waals surface area contributed by atoms with Crippen LogP contribution in [-0.4, -0.2) is 61.0 Å². The van der Waals surface area contributed by atoms with Gasteiger partial charge >= 0.3 is 0 Å². The molecule has 1 fully saturated rings. The first-order valence-corrected chi connectivity index (χ1v) is 10.6. The third-order valence-corrected chi connectivity index (χ3v) is 6.40. The summed E-state index contributed by atoms with van der Waals surface area (Å²) in [6.07, 6.45) is 0. The number of aryl methyl sites for hydroxylation is 2. The van der Waals surface area contributed by atoms with Gasteiger partial charge in [-0.15, -0.1) is 0 Å². The van der Waals surface area contributed by atoms with Crippen molar-refractivity contribution in [3.05, 3.63) is 57.8 Å². The zero-order valence-electron chi connectivity index (χ0n) is 18.9. The molecule has 1 aliphatic heterocycles. The number of carbonyl (C=O) groups is 1. The fourth-order valence-electron chi connectivity index (χ4n) is 4.18. The number of ketones is 1. The second kappa shape index (κ2) is 8.36. The van der Waals surface area contributed by atoms with Gasteiger partial charge in [-0.2, -0.15) is 0 Å². The number of carbonyl (C=O) groups excluding carboxylic acids is 1. The van der Waals surface area contributed by atoms with Gasteiger partial charge in [-0.3, -0.25) is 9.69 Å². The molecule has 3 aromatic rings. The molecule has 0 amide bonds. The zero-order chi connectivity index (χ0) is 22.3. The van der Waals surface area contributed by atoms with E-state index in [4.69, 9.17) is 9.15 Å². The molecule has 1 saturated heterocycles. The molecule has 0 saturated carbocycles. The van der Waals surface area contributed by atoms with E-state index in [2.05, 4.69) is 16.8 Å². The van der Waals surface area contributed by atoms with E-state index in [0.717, 1.165) is 42.9 Å². The molecule has 2 aromatic carbocycles. The molecule has 0 radical (unpaired) electrons. The summed E-state index contributed by atoms with van der Waals surface area (Å²) < 4.78 is 11.6. The quantitative estimate of drug-likeness (QED) is 0.626. The van der Waals surface area contributed by atoms with Crippen LogP contribution in [0, 0.1) is 20.8 Å². The first kappa shape index (κ1) is 21.4. The topological polar surface area (TPSA) is 66.2 Å². The number of methoxy groups -OCH3 is 1. The van der Waals surface area contributed by atoms with Gasteiger partial charge in [-0.05, 0) is 62.7 Å². The standard InChI is InChI=1S/C25H30N2O4/c1-15-6-7-19-22(24(29)18-12-16(2)17(3)20(13-18)30-5)21(31-25(19)23(15)28)14-27-10-8-26(4)9-11-27/h6-7,12-13,28H,8-11,14H2,1-5H3. The molecule has 31 heavy (non-hydrogen) atoms. The lowest BCUT2D eigenvalue weighted by molar-refractivity contribution is 0.103. The van der Waals surface area contributed by atoms with Crippen LogP contribution in [0.2, 0.25) is 0 Å². The van der Waals surface area contributed by atoms with E-state index in [1.165, 1.54) is 0 Å². The predicted molar refractivity (Wildman–Crippen MR) is 121 cm³/mol. The smallest absolute Gasteiger partial charge is 0.197 e. The summed E-state index contributed by atoms with van der Waals surface area (Å²) in [5, 5.41) is 11.3. The molecule has 0 spiro atoms. The maximum absolute atomic E-state index is 13.7. The van der Waals surface area contributed by atoms with Gasteiger partial charge in [0.15, 0.2) is 17.1 Å². The molecular weight excluding hydrogens is 392 g/mol. The molecule has 6 heteroatoms. The first-order valence-electron chi connectivity index (χ1n) is 10.6. The third kappa shape index (κ3) is 3.93. The normalized spacial score (nSPS) is 15.5. The Morgan fingerprint density at radius 2 is 1.81 bits per heavy atom. The summed E-state index contributed by atoms with van der Waals surface area (Å²) in [6, 6.07) is 7.38. The minimum atomic E-state index is -0.118. The van der Waals surface area contributed by atoms with E-state index in [1.54, 1.807) is 13.2 Å². The van der Waals surface area contributed by atoms with Crippen molar-refractivity contribution < 1.29 is 19.1 Å². The number of fused-ring (bicyclic) bond motifs is 1. The molecule has 1 N–H and O–H groups in total. The molecule has 1 aliphatic rings. The fourth-order valence-corrected chi connectivity index (χ4v) is 4.18. The molecule has 2 heterocycles. The van der Waals surface area contributed by atoms with Gasteiger partial charge in [0.25, 0.3) is 0 Å². The SMILES string of the molecule is COc1cc(C(=O)c2c(CN3CCN(C)CC3)oc3c(O)c(C)ccc23)cc(C)c1C. The highest BCUT2D eigenvalue weighted by atomic mass is 16.5. The Kier molecular flexibility index (Phi) is 5.77. The van der Waals surface area contributed by atoms with Crippen molar-refractivity contribution in [2.75, 3.05) is 40.3 Å². The second-order valence-electron chi connectivity index (χ2n) is 8.54. The summed E-state index contributed by atoms with van der Waals surface area (Å²) in [5.74, 6) is 1.26. The lowest BCUT2D eigenvalue weighted by Gasteiger charge is -2.31. The maximum Gasteiger partial charge on any atom is 0.197 e. The van der Waals surface area contributed by atoms with Crippen LogP contribution in [0.4, 0.5) is 0 Å². The number of furan rings is 1. The molecule has 0 unspecified atom stereocenters. The van der Waals surface area contributed by atoms with Crippen LogP contribution in [0.5, 0.6) is 11.5 Å². The fraction of sp³-hybridized carbons (Fsp3) is 0.400. The summed E-state index contributed by atoms with van der Waals surface area (Å²) in [4.78, 5) is 18.3. The Labute approximate surface area is 183 Å². The van der Waals surface area contributed by atoms with Gasteiger partial charge < -0.3 is 19.2 Å². The monoisotopic (exact) mass is 422 g/mol. The van der Waals surface area contributed by atoms with E-state index in [0.29, 0.717) is 40.2 Å². The highest BCUT2D eigenvalue weighted by Crippen LogP contribution is 2.37. The average Bonchev–Trinajstić information content (AvgIpc) is 3.12. The van der Waals surface area contributed by atoms with E-state index in [1.807, 2.05) is 39.0 Å². The van der Waals surface area contributed by atoms with Gasteiger partial charge in [0.1, 0.15) is 11.5 Å². The minimum Gasteiger partial charge on any atom is -0.504 e. The van der Waals surface area contributed by atoms with Crippen LogP contribution < -0.4 is 4.74 Å². The Morgan fingerprint density at radius 3 is 2.48 bits per heavy atom. The maximum atomic E-state index is 13.7. The Hall–Kier alpha value is -2.83. The van der Waals surface area contributed by atoms with Crippen molar-refractivity contribution in [1.82, 2.24) is 9.80 Å². The van der Waals surface area contributed by atoms with Crippen LogP contribution in [0.15, 0.2) is 28.7 Å². The van der Waals surface area contributed by atoms with E-state index in [-0.39, 0.29) is 11.5 Å². The molecule has 0 aliphatic carbocycles. The largest absolute Gasteiger partial charge is 0.504 e. The number of aromatic hydroxyl groups is 1. The number of rotatable bonds is 5. The predicted octanol–water partition coefficient (Wildman–Crippen LogP) is 4.05. The lowest BCUT2D eigenvalue weighted by Crippen LogP contribution is -2.44. The molecule has 4 rings (SSSR count). The highest BCUT2D eigenvalue weighted by molar-refractivity contribution is 6.17. The number of piperazine rings is 1. The van der Waals surface area contributed by atoms with E-state index < -0.39 is 0 Å². The number of hydrogen-bond donors (Lipinski definition) is 1. The summed E-state index contributed by atoms with van der Waals surface area (Å²) in [7, 11) is 3.73. The van der Waals surface area contributed by atoms with Crippen LogP contribution in [0.25, 0.3) is 11.0 Å². The summed E-state index contributed by atoms with van der Waals surface area (Å²) in [6.45, 7) is 10.1. The summed E-state index contributed by atoms with van der Waals surface area (Å²) in [5.41, 5.74) is 4.19. The molecule has 164 valence electrons. The van der Waals surface area contributed by atoms with Crippen LogP contribution in [0.1, 0.15) is 38.4 Å². The highest BCUT2D eigenvalue weighted by Gasteiger charge is 2.27. The third-order valence-electron chi connectivity index (χ3n) is 6.40. The van der Waals surface area contributed by atoms with Gasteiger partial charge in [-0.1, -0.05) is 6.07 Å². The molecular formula is C25H30N2O4. The Bertz CT molecular complexity index is 1140.